The van der Waals surface area contributed by atoms with Crippen molar-refractivity contribution in [2.75, 3.05) is 5.32 Å². The first-order valence-electron chi connectivity index (χ1n) is 6.58. The van der Waals surface area contributed by atoms with Crippen LogP contribution in [0.1, 0.15) is 11.3 Å². The first kappa shape index (κ1) is 14.2. The Bertz CT molecular complexity index is 655. The Morgan fingerprint density at radius 2 is 2.10 bits per heavy atom. The topological polar surface area (TPSA) is 58.2 Å². The highest BCUT2D eigenvalue weighted by Crippen LogP contribution is 2.36. The lowest BCUT2D eigenvalue weighted by molar-refractivity contribution is -0.124. The van der Waals surface area contributed by atoms with Crippen molar-refractivity contribution in [3.63, 3.8) is 0 Å². The minimum atomic E-state index is -0.372. The van der Waals surface area contributed by atoms with Crippen LogP contribution in [0.25, 0.3) is 0 Å². The number of rotatable bonds is 4. The summed E-state index contributed by atoms with van der Waals surface area (Å²) in [5, 5.41) is 7.31. The lowest BCUT2D eigenvalue weighted by atomic mass is 10.2. The molecule has 0 unspecified atom stereocenters. The van der Waals surface area contributed by atoms with Crippen molar-refractivity contribution in [3.05, 3.63) is 46.7 Å². The molecule has 3 rings (SSSR count). The van der Waals surface area contributed by atoms with Crippen LogP contribution in [0.4, 0.5) is 5.69 Å². The average Bonchev–Trinajstić information content (AvgIpc) is 2.99. The highest BCUT2D eigenvalue weighted by atomic mass is 32.2. The summed E-state index contributed by atoms with van der Waals surface area (Å²) in [6.45, 7) is 0.520. The maximum Gasteiger partial charge on any atom is 0.238 e. The summed E-state index contributed by atoms with van der Waals surface area (Å²) < 4.78 is 0. The van der Waals surface area contributed by atoms with Gasteiger partial charge in [0.2, 0.25) is 11.8 Å². The molecule has 108 valence electrons. The van der Waals surface area contributed by atoms with Gasteiger partial charge in [0, 0.05) is 16.2 Å². The number of para-hydroxylation sites is 1. The number of hydrogen-bond donors (Lipinski definition) is 2. The minimum Gasteiger partial charge on any atom is -0.351 e. The molecular weight excluding hydrogens is 304 g/mol. The highest BCUT2D eigenvalue weighted by Gasteiger charge is 2.28. The quantitative estimate of drug-likeness (QED) is 0.911. The van der Waals surface area contributed by atoms with Gasteiger partial charge in [0.1, 0.15) is 0 Å². The van der Waals surface area contributed by atoms with Gasteiger partial charge in [-0.25, -0.2) is 0 Å². The van der Waals surface area contributed by atoms with Crippen LogP contribution in [-0.2, 0) is 16.1 Å². The Kier molecular flexibility index (Phi) is 4.26. The Labute approximate surface area is 130 Å². The molecule has 1 aliphatic rings. The third-order valence-electron chi connectivity index (χ3n) is 3.12. The fraction of sp³-hybridized carbons (Fsp3) is 0.200. The van der Waals surface area contributed by atoms with Gasteiger partial charge in [0.15, 0.2) is 0 Å². The van der Waals surface area contributed by atoms with Crippen molar-refractivity contribution in [2.24, 2.45) is 0 Å². The van der Waals surface area contributed by atoms with Gasteiger partial charge in [-0.2, -0.15) is 0 Å². The third kappa shape index (κ3) is 3.46. The summed E-state index contributed by atoms with van der Waals surface area (Å²) in [6.07, 6.45) is 0.191. The van der Waals surface area contributed by atoms with Crippen LogP contribution >= 0.6 is 23.1 Å². The molecule has 2 N–H and O–H groups in total. The lowest BCUT2D eigenvalue weighted by Crippen LogP contribution is -2.34. The van der Waals surface area contributed by atoms with Crippen molar-refractivity contribution < 1.29 is 9.59 Å². The standard InChI is InChI=1S/C15H14N2O2S2/c18-14(16-9-10-4-3-7-20-10)8-13-15(19)17-11-5-1-2-6-12(11)21-13/h1-7,13H,8-9H2,(H,16,18)(H,17,19)/t13-/m0/s1. The van der Waals surface area contributed by atoms with Crippen LogP contribution < -0.4 is 10.6 Å². The summed E-state index contributed by atoms with van der Waals surface area (Å²) in [5.74, 6) is -0.208. The molecule has 4 nitrogen and oxygen atoms in total. The Hall–Kier alpha value is -1.79. The van der Waals surface area contributed by atoms with E-state index < -0.39 is 0 Å². The molecule has 0 bridgehead atoms. The molecule has 2 amide bonds. The first-order chi connectivity index (χ1) is 10.2. The SMILES string of the molecule is O=C(C[C@@H]1Sc2ccccc2NC1=O)NCc1cccs1. The van der Waals surface area contributed by atoms with E-state index in [4.69, 9.17) is 0 Å². The largest absolute Gasteiger partial charge is 0.351 e. The minimum absolute atomic E-state index is 0.101. The van der Waals surface area contributed by atoms with Crippen molar-refractivity contribution in [3.8, 4) is 0 Å². The van der Waals surface area contributed by atoms with Crippen LogP contribution in [0.3, 0.4) is 0 Å². The molecule has 0 aliphatic carbocycles. The third-order valence-corrected chi connectivity index (χ3v) is 5.27. The number of anilines is 1. The van der Waals surface area contributed by atoms with Crippen molar-refractivity contribution in [2.45, 2.75) is 23.1 Å². The molecule has 1 aromatic carbocycles. The summed E-state index contributed by atoms with van der Waals surface area (Å²) in [6, 6.07) is 11.6. The normalized spacial score (nSPS) is 17.0. The monoisotopic (exact) mass is 318 g/mol. The van der Waals surface area contributed by atoms with Crippen LogP contribution in [0.5, 0.6) is 0 Å². The lowest BCUT2D eigenvalue weighted by Gasteiger charge is -2.23. The van der Waals surface area contributed by atoms with E-state index >= 15 is 0 Å². The second kappa shape index (κ2) is 6.32. The molecule has 1 atom stereocenters. The maximum atomic E-state index is 12.0. The zero-order valence-electron chi connectivity index (χ0n) is 11.2. The second-order valence-corrected chi connectivity index (χ2v) is 6.93. The summed E-state index contributed by atoms with van der Waals surface area (Å²) in [4.78, 5) is 26.1. The van der Waals surface area contributed by atoms with E-state index in [-0.39, 0.29) is 23.5 Å². The molecule has 1 aromatic heterocycles. The van der Waals surface area contributed by atoms with Crippen molar-refractivity contribution in [1.82, 2.24) is 5.32 Å². The molecule has 0 saturated carbocycles. The second-order valence-electron chi connectivity index (χ2n) is 4.65. The molecule has 21 heavy (non-hydrogen) atoms. The van der Waals surface area contributed by atoms with Gasteiger partial charge in [0.05, 0.1) is 17.5 Å². The maximum absolute atomic E-state index is 12.0. The van der Waals surface area contributed by atoms with E-state index in [9.17, 15) is 9.59 Å². The fourth-order valence-electron chi connectivity index (χ4n) is 2.07. The number of thiophene rings is 1. The molecule has 1 aliphatic heterocycles. The van der Waals surface area contributed by atoms with Crippen molar-refractivity contribution in [1.29, 1.82) is 0 Å². The molecule has 0 radical (unpaired) electrons. The van der Waals surface area contributed by atoms with E-state index in [2.05, 4.69) is 10.6 Å². The highest BCUT2D eigenvalue weighted by molar-refractivity contribution is 8.01. The Morgan fingerprint density at radius 1 is 1.24 bits per heavy atom. The van der Waals surface area contributed by atoms with E-state index in [1.54, 1.807) is 11.3 Å². The number of carbonyl (C=O) groups is 2. The molecule has 6 heteroatoms. The van der Waals surface area contributed by atoms with E-state index in [1.807, 2.05) is 41.8 Å². The Morgan fingerprint density at radius 3 is 2.90 bits per heavy atom. The van der Waals surface area contributed by atoms with Gasteiger partial charge >= 0.3 is 0 Å². The molecule has 0 spiro atoms. The van der Waals surface area contributed by atoms with Gasteiger partial charge in [-0.05, 0) is 23.6 Å². The molecule has 2 aromatic rings. The summed E-state index contributed by atoms with van der Waals surface area (Å²) in [5.41, 5.74) is 0.822. The molecule has 2 heterocycles. The number of benzene rings is 1. The van der Waals surface area contributed by atoms with Gasteiger partial charge in [-0.3, -0.25) is 9.59 Å². The summed E-state index contributed by atoms with van der Waals surface area (Å²) >= 11 is 3.05. The van der Waals surface area contributed by atoms with E-state index in [0.29, 0.717) is 6.54 Å². The molecule has 0 saturated heterocycles. The van der Waals surface area contributed by atoms with Crippen molar-refractivity contribution >= 4 is 40.6 Å². The van der Waals surface area contributed by atoms with Crippen LogP contribution in [0.15, 0.2) is 46.7 Å². The summed E-state index contributed by atoms with van der Waals surface area (Å²) in [7, 11) is 0. The number of carbonyl (C=O) groups excluding carboxylic acids is 2. The van der Waals surface area contributed by atoms with Gasteiger partial charge in [0.25, 0.3) is 0 Å². The van der Waals surface area contributed by atoms with Gasteiger partial charge < -0.3 is 10.6 Å². The fourth-order valence-corrected chi connectivity index (χ4v) is 3.82. The number of thioether (sulfide) groups is 1. The van der Waals surface area contributed by atoms with Crippen LogP contribution in [0, 0.1) is 0 Å². The van der Waals surface area contributed by atoms with Gasteiger partial charge in [-0.1, -0.05) is 18.2 Å². The Balaban J connectivity index is 1.57. The van der Waals surface area contributed by atoms with Crippen LogP contribution in [0.2, 0.25) is 0 Å². The predicted molar refractivity (Wildman–Crippen MR) is 85.5 cm³/mol. The smallest absolute Gasteiger partial charge is 0.238 e. The van der Waals surface area contributed by atoms with Crippen LogP contribution in [-0.4, -0.2) is 17.1 Å². The van der Waals surface area contributed by atoms with E-state index in [1.165, 1.54) is 11.8 Å². The molecule has 0 fully saturated rings. The average molecular weight is 318 g/mol. The number of amides is 2. The predicted octanol–water partition coefficient (Wildman–Crippen LogP) is 2.87. The zero-order chi connectivity index (χ0) is 14.7. The first-order valence-corrected chi connectivity index (χ1v) is 8.34. The van der Waals surface area contributed by atoms with E-state index in [0.717, 1.165) is 15.5 Å². The number of fused-ring (bicyclic) bond motifs is 1. The van der Waals surface area contributed by atoms with Gasteiger partial charge in [-0.15, -0.1) is 23.1 Å². The number of nitrogens with one attached hydrogen (secondary N) is 2. The number of hydrogen-bond acceptors (Lipinski definition) is 4. The molecular formula is C15H14N2O2S2. The zero-order valence-corrected chi connectivity index (χ0v) is 12.8.